The van der Waals surface area contributed by atoms with Crippen molar-refractivity contribution in [1.29, 1.82) is 0 Å². The van der Waals surface area contributed by atoms with Gasteiger partial charge in [0.2, 0.25) is 0 Å². The van der Waals surface area contributed by atoms with Gasteiger partial charge in [-0.05, 0) is 42.5 Å². The zero-order chi connectivity index (χ0) is 21.1. The van der Waals surface area contributed by atoms with Gasteiger partial charge in [-0.1, -0.05) is 41.4 Å². The summed E-state index contributed by atoms with van der Waals surface area (Å²) in [6.07, 6.45) is 0. The van der Waals surface area contributed by atoms with Crippen LogP contribution in [0.3, 0.4) is 0 Å². The monoisotopic (exact) mass is 438 g/mol. The van der Waals surface area contributed by atoms with Crippen molar-refractivity contribution in [1.82, 2.24) is 4.98 Å². The van der Waals surface area contributed by atoms with Crippen molar-refractivity contribution in [3.05, 3.63) is 70.7 Å². The maximum Gasteiger partial charge on any atom is 0.185 e. The maximum absolute atomic E-state index is 6.14. The van der Waals surface area contributed by atoms with Crippen LogP contribution in [0.1, 0.15) is 0 Å². The fourth-order valence-electron chi connectivity index (χ4n) is 3.27. The molecule has 1 aromatic heterocycles. The highest BCUT2D eigenvalue weighted by Gasteiger charge is 2.10. The Hall–Kier alpha value is -3.22. The summed E-state index contributed by atoms with van der Waals surface area (Å²) in [5.41, 5.74) is 15.4. The molecule has 6 N–H and O–H groups in total. The number of nitrogens with one attached hydrogen (secondary N) is 2. The maximum atomic E-state index is 6.14. The first-order valence-electron chi connectivity index (χ1n) is 9.35. The van der Waals surface area contributed by atoms with E-state index in [-0.39, 0.29) is 5.96 Å². The molecular formula is C22H20Cl2N6. The van der Waals surface area contributed by atoms with Gasteiger partial charge in [-0.15, -0.1) is 0 Å². The molecule has 0 saturated heterocycles. The molecular weight excluding hydrogens is 419 g/mol. The number of fused-ring (bicyclic) bond motifs is 2. The number of guanidine groups is 1. The van der Waals surface area contributed by atoms with Gasteiger partial charge in [0.25, 0.3) is 0 Å². The van der Waals surface area contributed by atoms with Crippen molar-refractivity contribution >= 4 is 68.0 Å². The van der Waals surface area contributed by atoms with E-state index in [1.807, 2.05) is 42.5 Å². The average molecular weight is 439 g/mol. The molecule has 4 aromatic rings. The van der Waals surface area contributed by atoms with Crippen molar-refractivity contribution in [2.45, 2.75) is 0 Å². The average Bonchev–Trinajstić information content (AvgIpc) is 2.73. The number of hydrogen-bond acceptors (Lipinski definition) is 4. The Labute approximate surface area is 183 Å². The zero-order valence-corrected chi connectivity index (χ0v) is 17.5. The molecule has 30 heavy (non-hydrogen) atoms. The van der Waals surface area contributed by atoms with E-state index in [1.165, 1.54) is 0 Å². The molecule has 152 valence electrons. The third-order valence-corrected chi connectivity index (χ3v) is 5.34. The molecule has 0 atom stereocenters. The first-order chi connectivity index (χ1) is 14.5. The van der Waals surface area contributed by atoms with Crippen molar-refractivity contribution in [3.63, 3.8) is 0 Å². The molecule has 0 fully saturated rings. The van der Waals surface area contributed by atoms with Gasteiger partial charge < -0.3 is 22.1 Å². The largest absolute Gasteiger partial charge is 0.382 e. The first-order valence-corrected chi connectivity index (χ1v) is 10.1. The summed E-state index contributed by atoms with van der Waals surface area (Å²) in [5, 5.41) is 9.87. The minimum atomic E-state index is 0.0781. The number of pyridine rings is 1. The molecule has 0 saturated carbocycles. The minimum Gasteiger partial charge on any atom is -0.382 e. The van der Waals surface area contributed by atoms with E-state index < -0.39 is 0 Å². The zero-order valence-electron chi connectivity index (χ0n) is 16.0. The van der Waals surface area contributed by atoms with E-state index in [9.17, 15) is 0 Å². The molecule has 0 bridgehead atoms. The fourth-order valence-corrected chi connectivity index (χ4v) is 3.56. The Morgan fingerprint density at radius 3 is 2.40 bits per heavy atom. The number of benzene rings is 3. The Morgan fingerprint density at radius 2 is 1.60 bits per heavy atom. The van der Waals surface area contributed by atoms with Crippen LogP contribution in [-0.4, -0.2) is 24.0 Å². The summed E-state index contributed by atoms with van der Waals surface area (Å²) in [4.78, 5) is 8.84. The summed E-state index contributed by atoms with van der Waals surface area (Å²) in [7, 11) is 0. The molecule has 0 spiro atoms. The van der Waals surface area contributed by atoms with Crippen LogP contribution < -0.4 is 22.1 Å². The standard InChI is InChI=1S/C22H20Cl2N6/c23-17-7-5-14(12-18(17)24)29-13-6-8-20-16(11-13)21(27-9-10-28-22(25)26)15-3-1-2-4-19(15)30-20/h1-8,11-12,29H,9-10H2,(H,27,30)(H4,25,26,28). The molecule has 3 aromatic carbocycles. The van der Waals surface area contributed by atoms with Gasteiger partial charge in [0.05, 0.1) is 33.3 Å². The van der Waals surface area contributed by atoms with Crippen LogP contribution in [0.5, 0.6) is 0 Å². The van der Waals surface area contributed by atoms with Crippen LogP contribution in [0, 0.1) is 0 Å². The van der Waals surface area contributed by atoms with Crippen molar-refractivity contribution in [2.24, 2.45) is 16.5 Å². The quantitative estimate of drug-likeness (QED) is 0.145. The number of rotatable bonds is 6. The molecule has 0 amide bonds. The Balaban J connectivity index is 1.74. The second kappa shape index (κ2) is 8.65. The van der Waals surface area contributed by atoms with Crippen molar-refractivity contribution < 1.29 is 0 Å². The van der Waals surface area contributed by atoms with E-state index in [1.54, 1.807) is 12.1 Å². The van der Waals surface area contributed by atoms with Crippen LogP contribution in [0.25, 0.3) is 21.8 Å². The lowest BCUT2D eigenvalue weighted by atomic mass is 10.1. The summed E-state index contributed by atoms with van der Waals surface area (Å²) in [6.45, 7) is 1.06. The second-order valence-electron chi connectivity index (χ2n) is 6.72. The molecule has 8 heteroatoms. The van der Waals surface area contributed by atoms with E-state index in [2.05, 4.69) is 21.7 Å². The first kappa shape index (κ1) is 20.1. The third kappa shape index (κ3) is 4.35. The molecule has 0 aliphatic rings. The van der Waals surface area contributed by atoms with Gasteiger partial charge in [0, 0.05) is 28.7 Å². The van der Waals surface area contributed by atoms with Crippen molar-refractivity contribution in [2.75, 3.05) is 23.7 Å². The highest BCUT2D eigenvalue weighted by Crippen LogP contribution is 2.34. The number of aliphatic imine (C=N–C) groups is 1. The molecule has 0 aliphatic heterocycles. The van der Waals surface area contributed by atoms with Gasteiger partial charge in [-0.2, -0.15) is 0 Å². The fraction of sp³-hybridized carbons (Fsp3) is 0.0909. The Bertz CT molecular complexity index is 1250. The number of nitrogens with two attached hydrogens (primary N) is 2. The summed E-state index contributed by atoms with van der Waals surface area (Å²) >= 11 is 12.2. The number of anilines is 3. The Morgan fingerprint density at radius 1 is 0.867 bits per heavy atom. The molecule has 1 heterocycles. The highest BCUT2D eigenvalue weighted by molar-refractivity contribution is 6.42. The van der Waals surface area contributed by atoms with Crippen molar-refractivity contribution in [3.8, 4) is 0 Å². The highest BCUT2D eigenvalue weighted by atomic mass is 35.5. The number of nitrogens with zero attached hydrogens (tertiary/aromatic N) is 2. The predicted molar refractivity (Wildman–Crippen MR) is 128 cm³/mol. The lowest BCUT2D eigenvalue weighted by Gasteiger charge is -2.14. The number of para-hydroxylation sites is 1. The smallest absolute Gasteiger partial charge is 0.185 e. The lowest BCUT2D eigenvalue weighted by Crippen LogP contribution is -2.24. The summed E-state index contributed by atoms with van der Waals surface area (Å²) in [5.74, 6) is 0.0781. The van der Waals surface area contributed by atoms with Crippen LogP contribution in [0.15, 0.2) is 65.7 Å². The van der Waals surface area contributed by atoms with Gasteiger partial charge in [-0.3, -0.25) is 4.99 Å². The topological polar surface area (TPSA) is 101 Å². The van der Waals surface area contributed by atoms with Crippen LogP contribution in [0.2, 0.25) is 10.0 Å². The minimum absolute atomic E-state index is 0.0781. The molecule has 0 unspecified atom stereocenters. The van der Waals surface area contributed by atoms with E-state index in [0.29, 0.717) is 23.1 Å². The van der Waals surface area contributed by atoms with Crippen LogP contribution in [0.4, 0.5) is 17.1 Å². The predicted octanol–water partition coefficient (Wildman–Crippen LogP) is 5.12. The second-order valence-corrected chi connectivity index (χ2v) is 7.54. The SMILES string of the molecule is NC(N)=NCCNc1c2ccccc2nc2ccc(Nc3ccc(Cl)c(Cl)c3)cc12. The number of halogens is 2. The Kier molecular flexibility index (Phi) is 5.79. The third-order valence-electron chi connectivity index (χ3n) is 4.60. The van der Waals surface area contributed by atoms with Gasteiger partial charge in [0.15, 0.2) is 5.96 Å². The molecule has 0 aliphatic carbocycles. The van der Waals surface area contributed by atoms with Gasteiger partial charge >= 0.3 is 0 Å². The number of hydrogen-bond donors (Lipinski definition) is 4. The van der Waals surface area contributed by atoms with Gasteiger partial charge in [0.1, 0.15) is 0 Å². The summed E-state index contributed by atoms with van der Waals surface area (Å²) in [6, 6.07) is 19.5. The summed E-state index contributed by atoms with van der Waals surface area (Å²) < 4.78 is 0. The molecule has 0 radical (unpaired) electrons. The van der Waals surface area contributed by atoms with E-state index in [0.717, 1.165) is 38.9 Å². The van der Waals surface area contributed by atoms with E-state index >= 15 is 0 Å². The molecule has 6 nitrogen and oxygen atoms in total. The number of aromatic nitrogens is 1. The van der Waals surface area contributed by atoms with Crippen LogP contribution in [-0.2, 0) is 0 Å². The van der Waals surface area contributed by atoms with Gasteiger partial charge in [-0.25, -0.2) is 4.98 Å². The van der Waals surface area contributed by atoms with Crippen LogP contribution >= 0.6 is 23.2 Å². The molecule has 4 rings (SSSR count). The van der Waals surface area contributed by atoms with E-state index in [4.69, 9.17) is 39.7 Å². The lowest BCUT2D eigenvalue weighted by molar-refractivity contribution is 1.02. The normalized spacial score (nSPS) is 10.9.